The Balaban J connectivity index is 2.10. The second kappa shape index (κ2) is 6.66. The highest BCUT2D eigenvalue weighted by Crippen LogP contribution is 2.17. The first-order valence-electron chi connectivity index (χ1n) is 6.79. The van der Waals surface area contributed by atoms with Crippen molar-refractivity contribution in [3.8, 4) is 0 Å². The van der Waals surface area contributed by atoms with Crippen LogP contribution in [-0.4, -0.2) is 36.6 Å². The fraction of sp³-hybridized carbons (Fsp3) is 0.692. The van der Waals surface area contributed by atoms with Crippen LogP contribution in [0.1, 0.15) is 37.5 Å². The van der Waals surface area contributed by atoms with E-state index < -0.39 is 0 Å². The number of aromatic nitrogens is 2. The maximum Gasteiger partial charge on any atom is 0.148 e. The van der Waals surface area contributed by atoms with Gasteiger partial charge in [0.1, 0.15) is 11.6 Å². The highest BCUT2D eigenvalue weighted by atomic mass is 15.2. The van der Waals surface area contributed by atoms with Gasteiger partial charge in [0.05, 0.1) is 6.04 Å². The van der Waals surface area contributed by atoms with E-state index in [1.807, 2.05) is 19.3 Å². The molecule has 1 fully saturated rings. The van der Waals surface area contributed by atoms with Crippen LogP contribution in [0.5, 0.6) is 0 Å². The predicted molar refractivity (Wildman–Crippen MR) is 73.6 cm³/mol. The minimum atomic E-state index is -0.137. The quantitative estimate of drug-likeness (QED) is 0.835. The van der Waals surface area contributed by atoms with Gasteiger partial charge in [-0.1, -0.05) is 12.8 Å². The molecule has 1 aliphatic heterocycles. The van der Waals surface area contributed by atoms with E-state index in [0.717, 1.165) is 24.7 Å². The molecule has 0 amide bonds. The molecular formula is C13H23N5. The number of nitrogens with zero attached hydrogens (tertiary/aromatic N) is 3. The van der Waals surface area contributed by atoms with Crippen molar-refractivity contribution in [3.63, 3.8) is 0 Å². The van der Waals surface area contributed by atoms with E-state index in [0.29, 0.717) is 6.54 Å². The largest absolute Gasteiger partial charge is 0.357 e. The van der Waals surface area contributed by atoms with E-state index in [9.17, 15) is 0 Å². The standard InChI is InChI=1S/C13H23N5/c1-15-10-11(14)13-16-7-6-12(17-13)18-8-4-2-3-5-9-18/h6-7,11,15H,2-5,8-10,14H2,1H3. The molecule has 0 spiro atoms. The summed E-state index contributed by atoms with van der Waals surface area (Å²) < 4.78 is 0. The zero-order valence-electron chi connectivity index (χ0n) is 11.1. The van der Waals surface area contributed by atoms with Crippen LogP contribution >= 0.6 is 0 Å². The predicted octanol–water partition coefficient (Wildman–Crippen LogP) is 1.08. The van der Waals surface area contributed by atoms with E-state index in [1.54, 1.807) is 0 Å². The van der Waals surface area contributed by atoms with Gasteiger partial charge in [-0.15, -0.1) is 0 Å². The fourth-order valence-corrected chi connectivity index (χ4v) is 2.33. The summed E-state index contributed by atoms with van der Waals surface area (Å²) in [4.78, 5) is 11.2. The summed E-state index contributed by atoms with van der Waals surface area (Å²) in [7, 11) is 1.89. The van der Waals surface area contributed by atoms with Crippen molar-refractivity contribution in [1.29, 1.82) is 0 Å². The van der Waals surface area contributed by atoms with Gasteiger partial charge < -0.3 is 16.0 Å². The molecule has 100 valence electrons. The average Bonchev–Trinajstić information content (AvgIpc) is 2.68. The molecule has 1 aromatic heterocycles. The fourth-order valence-electron chi connectivity index (χ4n) is 2.33. The topological polar surface area (TPSA) is 67.1 Å². The molecule has 2 heterocycles. The Morgan fingerprint density at radius 1 is 1.33 bits per heavy atom. The molecule has 1 aromatic rings. The van der Waals surface area contributed by atoms with Gasteiger partial charge >= 0.3 is 0 Å². The maximum absolute atomic E-state index is 6.03. The van der Waals surface area contributed by atoms with Gasteiger partial charge in [0.25, 0.3) is 0 Å². The number of rotatable bonds is 4. The summed E-state index contributed by atoms with van der Waals surface area (Å²) in [6.07, 6.45) is 6.98. The summed E-state index contributed by atoms with van der Waals surface area (Å²) in [5.74, 6) is 1.75. The lowest BCUT2D eigenvalue weighted by molar-refractivity contribution is 0.614. The van der Waals surface area contributed by atoms with Crippen LogP contribution in [0, 0.1) is 0 Å². The third-order valence-corrected chi connectivity index (χ3v) is 3.35. The molecule has 1 saturated heterocycles. The molecule has 5 nitrogen and oxygen atoms in total. The van der Waals surface area contributed by atoms with Crippen LogP contribution in [0.2, 0.25) is 0 Å². The molecule has 0 bridgehead atoms. The number of anilines is 1. The molecule has 0 saturated carbocycles. The molecule has 0 aromatic carbocycles. The molecule has 5 heteroatoms. The zero-order valence-corrected chi connectivity index (χ0v) is 11.1. The van der Waals surface area contributed by atoms with Gasteiger partial charge in [-0.2, -0.15) is 0 Å². The monoisotopic (exact) mass is 249 g/mol. The van der Waals surface area contributed by atoms with E-state index in [-0.39, 0.29) is 6.04 Å². The Morgan fingerprint density at radius 3 is 2.72 bits per heavy atom. The molecule has 2 rings (SSSR count). The first-order valence-corrected chi connectivity index (χ1v) is 6.79. The van der Waals surface area contributed by atoms with Crippen molar-refractivity contribution in [1.82, 2.24) is 15.3 Å². The number of nitrogens with two attached hydrogens (primary N) is 1. The zero-order chi connectivity index (χ0) is 12.8. The number of nitrogens with one attached hydrogen (secondary N) is 1. The van der Waals surface area contributed by atoms with Crippen molar-refractivity contribution in [2.75, 3.05) is 31.6 Å². The summed E-state index contributed by atoms with van der Waals surface area (Å²) in [5.41, 5.74) is 6.03. The summed E-state index contributed by atoms with van der Waals surface area (Å²) >= 11 is 0. The van der Waals surface area contributed by atoms with Crippen molar-refractivity contribution < 1.29 is 0 Å². The van der Waals surface area contributed by atoms with Crippen molar-refractivity contribution in [2.45, 2.75) is 31.7 Å². The Labute approximate surface area is 109 Å². The van der Waals surface area contributed by atoms with Gasteiger partial charge in [0, 0.05) is 25.8 Å². The number of hydrogen-bond acceptors (Lipinski definition) is 5. The normalized spacial score (nSPS) is 18.4. The average molecular weight is 249 g/mol. The number of hydrogen-bond donors (Lipinski definition) is 2. The molecule has 3 N–H and O–H groups in total. The van der Waals surface area contributed by atoms with Gasteiger partial charge in [-0.05, 0) is 26.0 Å². The summed E-state index contributed by atoms with van der Waals surface area (Å²) in [6.45, 7) is 2.89. The Morgan fingerprint density at radius 2 is 2.06 bits per heavy atom. The maximum atomic E-state index is 6.03. The second-order valence-corrected chi connectivity index (χ2v) is 4.84. The molecule has 0 aliphatic carbocycles. The van der Waals surface area contributed by atoms with Crippen LogP contribution < -0.4 is 16.0 Å². The lowest BCUT2D eigenvalue weighted by Crippen LogP contribution is -2.28. The van der Waals surface area contributed by atoms with Gasteiger partial charge in [-0.25, -0.2) is 9.97 Å². The molecule has 1 atom stereocenters. The highest BCUT2D eigenvalue weighted by Gasteiger charge is 2.14. The molecule has 1 aliphatic rings. The van der Waals surface area contributed by atoms with Crippen LogP contribution in [0.25, 0.3) is 0 Å². The molecule has 18 heavy (non-hydrogen) atoms. The van der Waals surface area contributed by atoms with Crippen LogP contribution in [0.3, 0.4) is 0 Å². The first-order chi connectivity index (χ1) is 8.81. The van der Waals surface area contributed by atoms with Crippen LogP contribution in [0.4, 0.5) is 5.82 Å². The van der Waals surface area contributed by atoms with Crippen LogP contribution in [-0.2, 0) is 0 Å². The Kier molecular flexibility index (Phi) is 4.90. The van der Waals surface area contributed by atoms with Gasteiger partial charge in [0.2, 0.25) is 0 Å². The molecule has 0 radical (unpaired) electrons. The summed E-state index contributed by atoms with van der Waals surface area (Å²) in [5, 5.41) is 3.06. The molecular weight excluding hydrogens is 226 g/mol. The first kappa shape index (κ1) is 13.2. The number of likely N-dealkylation sites (N-methyl/N-ethyl adjacent to an activating group) is 1. The third-order valence-electron chi connectivity index (χ3n) is 3.35. The minimum absolute atomic E-state index is 0.137. The lowest BCUT2D eigenvalue weighted by atomic mass is 10.2. The van der Waals surface area contributed by atoms with Crippen molar-refractivity contribution in [3.05, 3.63) is 18.1 Å². The van der Waals surface area contributed by atoms with Gasteiger partial charge in [0.15, 0.2) is 0 Å². The third kappa shape index (κ3) is 3.40. The molecule has 1 unspecified atom stereocenters. The second-order valence-electron chi connectivity index (χ2n) is 4.84. The van der Waals surface area contributed by atoms with Gasteiger partial charge in [-0.3, -0.25) is 0 Å². The van der Waals surface area contributed by atoms with Crippen molar-refractivity contribution >= 4 is 5.82 Å². The van der Waals surface area contributed by atoms with E-state index in [4.69, 9.17) is 5.73 Å². The van der Waals surface area contributed by atoms with Crippen LogP contribution in [0.15, 0.2) is 12.3 Å². The lowest BCUT2D eigenvalue weighted by Gasteiger charge is -2.22. The summed E-state index contributed by atoms with van der Waals surface area (Å²) in [6, 6.07) is 1.85. The SMILES string of the molecule is CNCC(N)c1nccc(N2CCCCCC2)n1. The highest BCUT2D eigenvalue weighted by molar-refractivity contribution is 5.37. The van der Waals surface area contributed by atoms with E-state index in [2.05, 4.69) is 20.2 Å². The van der Waals surface area contributed by atoms with Crippen molar-refractivity contribution in [2.24, 2.45) is 5.73 Å². The Bertz CT molecular complexity index is 360. The van der Waals surface area contributed by atoms with E-state index >= 15 is 0 Å². The van der Waals surface area contributed by atoms with E-state index in [1.165, 1.54) is 25.7 Å². The minimum Gasteiger partial charge on any atom is -0.357 e. The smallest absolute Gasteiger partial charge is 0.148 e. The Hall–Kier alpha value is -1.20.